The Morgan fingerprint density at radius 2 is 1.96 bits per heavy atom. The molecule has 4 heterocycles. The maximum absolute atomic E-state index is 13.2. The average Bonchev–Trinajstić information content (AvgIpc) is 3.95. The first kappa shape index (κ1) is 39.8. The van der Waals surface area contributed by atoms with Crippen LogP contribution in [0.3, 0.4) is 0 Å². The first-order valence-electron chi connectivity index (χ1n) is 19.6. The molecule has 2 saturated heterocycles. The molecule has 14 heteroatoms. The molecule has 1 aliphatic carbocycles. The largest absolute Gasteiger partial charge is 0.488 e. The van der Waals surface area contributed by atoms with Crippen LogP contribution in [-0.4, -0.2) is 75.7 Å². The number of rotatable bonds is 17. The van der Waals surface area contributed by atoms with Gasteiger partial charge in [0.15, 0.2) is 11.6 Å². The number of aryl methyl sites for hydroxylation is 1. The number of benzene rings is 2. The SMILES string of the molecule is Cc1ccc(OC2CNC2)cc1C(=O)CCC[C@H](C)c1cccc(-c2ccc(CN[C@H]3CC[C@@H](C(=O)OC[C@H]4O[C@@H](n5ccc(NO)nc5=O)C[C@@H]4O)C3)s2)c1. The Labute approximate surface area is 330 Å². The van der Waals surface area contributed by atoms with Crippen LogP contribution in [0.15, 0.2) is 71.7 Å². The number of aliphatic hydroxyl groups is 1. The van der Waals surface area contributed by atoms with Gasteiger partial charge in [0.2, 0.25) is 0 Å². The zero-order valence-electron chi connectivity index (χ0n) is 31.8. The number of hydrogen-bond donors (Lipinski definition) is 5. The number of esters is 1. The minimum atomic E-state index is -0.911. The molecular formula is C42H51N5O8S. The van der Waals surface area contributed by atoms with Gasteiger partial charge in [-0.2, -0.15) is 4.98 Å². The van der Waals surface area contributed by atoms with E-state index in [2.05, 4.69) is 58.9 Å². The van der Waals surface area contributed by atoms with E-state index in [0.29, 0.717) is 31.7 Å². The Kier molecular flexibility index (Phi) is 12.9. The van der Waals surface area contributed by atoms with Crippen molar-refractivity contribution in [3.05, 3.63) is 98.9 Å². The van der Waals surface area contributed by atoms with E-state index in [1.54, 1.807) is 11.3 Å². The van der Waals surface area contributed by atoms with Crippen LogP contribution in [0.5, 0.6) is 5.75 Å². The molecule has 0 amide bonds. The molecule has 3 aliphatic rings. The highest BCUT2D eigenvalue weighted by Gasteiger charge is 2.38. The van der Waals surface area contributed by atoms with Crippen LogP contribution in [0.25, 0.3) is 10.4 Å². The molecule has 0 spiro atoms. The van der Waals surface area contributed by atoms with Crippen LogP contribution < -0.4 is 26.5 Å². The summed E-state index contributed by atoms with van der Waals surface area (Å²) < 4.78 is 18.6. The Morgan fingerprint density at radius 1 is 1.11 bits per heavy atom. The van der Waals surface area contributed by atoms with E-state index in [0.717, 1.165) is 49.2 Å². The van der Waals surface area contributed by atoms with Gasteiger partial charge in [0.05, 0.1) is 12.0 Å². The fourth-order valence-corrected chi connectivity index (χ4v) is 8.60. The Hall–Kier alpha value is -4.44. The standard InChI is InChI=1S/C42H51N5O8S/c1-25(5-3-8-35(48)34-19-31(12-9-26(34)2)54-32-21-43-22-32)27-6-4-7-28(17-27)38-14-13-33(56-38)23-44-30-11-10-29(18-30)41(50)53-24-37-36(49)20-40(55-37)47-16-15-39(46-52)45-42(47)51/h4,6-7,9,12-17,19,25,29-30,32,36-37,40,43-44,49,52H,3,5,8,10-11,18,20-24H2,1-2H3,(H,45,46,51)/t25-,29+,30-,36-,37+,40+/m0/s1. The Bertz CT molecular complexity index is 2050. The van der Waals surface area contributed by atoms with Crippen molar-refractivity contribution < 1.29 is 34.1 Å². The van der Waals surface area contributed by atoms with Crippen molar-refractivity contribution in [1.82, 2.24) is 20.2 Å². The van der Waals surface area contributed by atoms with Gasteiger partial charge in [-0.25, -0.2) is 4.79 Å². The summed E-state index contributed by atoms with van der Waals surface area (Å²) in [4.78, 5) is 44.5. The molecule has 56 heavy (non-hydrogen) atoms. The molecule has 4 aromatic rings. The zero-order chi connectivity index (χ0) is 39.2. The molecular weight excluding hydrogens is 735 g/mol. The highest BCUT2D eigenvalue weighted by Crippen LogP contribution is 2.34. The maximum Gasteiger partial charge on any atom is 0.351 e. The van der Waals surface area contributed by atoms with E-state index in [1.165, 1.54) is 37.7 Å². The molecule has 2 aliphatic heterocycles. The Balaban J connectivity index is 0.832. The van der Waals surface area contributed by atoms with E-state index in [9.17, 15) is 19.5 Å². The van der Waals surface area contributed by atoms with Gasteiger partial charge in [0, 0.05) is 60.0 Å². The first-order valence-corrected chi connectivity index (χ1v) is 20.4. The molecule has 298 valence electrons. The van der Waals surface area contributed by atoms with E-state index in [4.69, 9.17) is 19.4 Å². The van der Waals surface area contributed by atoms with Gasteiger partial charge >= 0.3 is 11.7 Å². The van der Waals surface area contributed by atoms with Gasteiger partial charge in [-0.3, -0.25) is 24.8 Å². The molecule has 6 atom stereocenters. The lowest BCUT2D eigenvalue weighted by Gasteiger charge is -2.28. The normalized spacial score (nSPS) is 22.8. The molecule has 1 saturated carbocycles. The van der Waals surface area contributed by atoms with Crippen LogP contribution in [0.4, 0.5) is 5.82 Å². The molecule has 5 N–H and O–H groups in total. The van der Waals surface area contributed by atoms with Crippen molar-refractivity contribution in [3.63, 3.8) is 0 Å². The highest BCUT2D eigenvalue weighted by molar-refractivity contribution is 7.15. The number of nitrogens with one attached hydrogen (secondary N) is 3. The summed E-state index contributed by atoms with van der Waals surface area (Å²) in [6.45, 7) is 6.50. The number of Topliss-reactive ketones (excluding diaryl/α,β-unsaturated/α-hetero) is 1. The van der Waals surface area contributed by atoms with E-state index >= 15 is 0 Å². The van der Waals surface area contributed by atoms with Crippen LogP contribution in [0.1, 0.15) is 90.4 Å². The van der Waals surface area contributed by atoms with Gasteiger partial charge in [0.1, 0.15) is 30.8 Å². The zero-order valence-corrected chi connectivity index (χ0v) is 32.6. The molecule has 7 rings (SSSR count). The average molecular weight is 786 g/mol. The predicted octanol–water partition coefficient (Wildman–Crippen LogP) is 5.74. The molecule has 13 nitrogen and oxygen atoms in total. The summed E-state index contributed by atoms with van der Waals surface area (Å²) in [5.74, 6) is 0.707. The van der Waals surface area contributed by atoms with Gasteiger partial charge in [-0.05, 0) is 92.0 Å². The molecule has 2 aromatic heterocycles. The minimum absolute atomic E-state index is 0.00635. The van der Waals surface area contributed by atoms with Crippen molar-refractivity contribution >= 4 is 28.9 Å². The summed E-state index contributed by atoms with van der Waals surface area (Å²) in [7, 11) is 0. The fraction of sp³-hybridized carbons (Fsp3) is 0.476. The van der Waals surface area contributed by atoms with Crippen LogP contribution in [-0.2, 0) is 20.8 Å². The number of nitrogens with zero attached hydrogens (tertiary/aromatic N) is 2. The van der Waals surface area contributed by atoms with Gasteiger partial charge in [-0.1, -0.05) is 37.3 Å². The number of thiophene rings is 1. The topological polar surface area (TPSA) is 173 Å². The molecule has 2 aromatic carbocycles. The number of aromatic nitrogens is 2. The third-order valence-electron chi connectivity index (χ3n) is 11.2. The van der Waals surface area contributed by atoms with Gasteiger partial charge in [0.25, 0.3) is 0 Å². The number of ether oxygens (including phenoxy) is 3. The summed E-state index contributed by atoms with van der Waals surface area (Å²) >= 11 is 1.76. The lowest BCUT2D eigenvalue weighted by Crippen LogP contribution is -2.50. The van der Waals surface area contributed by atoms with Crippen molar-refractivity contribution in [1.29, 1.82) is 0 Å². The molecule has 3 fully saturated rings. The lowest BCUT2D eigenvalue weighted by molar-refractivity contribution is -0.154. The lowest BCUT2D eigenvalue weighted by atomic mass is 9.92. The second-order valence-electron chi connectivity index (χ2n) is 15.2. The van der Waals surface area contributed by atoms with Crippen LogP contribution in [0.2, 0.25) is 0 Å². The third kappa shape index (κ3) is 9.74. The van der Waals surface area contributed by atoms with Crippen LogP contribution >= 0.6 is 11.3 Å². The number of aliphatic hydroxyl groups excluding tert-OH is 1. The van der Waals surface area contributed by atoms with Crippen LogP contribution in [0, 0.1) is 12.8 Å². The second-order valence-corrected chi connectivity index (χ2v) is 16.4. The van der Waals surface area contributed by atoms with Crippen molar-refractivity contribution in [2.45, 2.75) is 102 Å². The first-order chi connectivity index (χ1) is 27.1. The van der Waals surface area contributed by atoms with E-state index < -0.39 is 24.1 Å². The Morgan fingerprint density at radius 3 is 2.75 bits per heavy atom. The second kappa shape index (κ2) is 18.2. The van der Waals surface area contributed by atoms with Crippen molar-refractivity contribution in [3.8, 4) is 16.2 Å². The molecule has 0 bridgehead atoms. The monoisotopic (exact) mass is 785 g/mol. The third-order valence-corrected chi connectivity index (χ3v) is 12.3. The number of carbonyl (C=O) groups is 2. The van der Waals surface area contributed by atoms with Crippen molar-refractivity contribution in [2.75, 3.05) is 25.2 Å². The van der Waals surface area contributed by atoms with Gasteiger partial charge in [-0.15, -0.1) is 11.3 Å². The fourth-order valence-electron chi connectivity index (χ4n) is 7.65. The smallest absolute Gasteiger partial charge is 0.351 e. The maximum atomic E-state index is 13.2. The quantitative estimate of drug-likeness (QED) is 0.0500. The van der Waals surface area contributed by atoms with Crippen molar-refractivity contribution in [2.24, 2.45) is 5.92 Å². The number of carbonyl (C=O) groups excluding carboxylic acids is 2. The molecule has 0 radical (unpaired) electrons. The number of anilines is 1. The summed E-state index contributed by atoms with van der Waals surface area (Å²) in [5, 5.41) is 26.3. The summed E-state index contributed by atoms with van der Waals surface area (Å²) in [6.07, 6.45) is 3.81. The highest BCUT2D eigenvalue weighted by atomic mass is 32.1. The number of hydrogen-bond acceptors (Lipinski definition) is 13. The number of ketones is 1. The van der Waals surface area contributed by atoms with E-state index in [-0.39, 0.29) is 48.7 Å². The minimum Gasteiger partial charge on any atom is -0.488 e. The predicted molar refractivity (Wildman–Crippen MR) is 212 cm³/mol. The molecule has 0 unspecified atom stereocenters. The summed E-state index contributed by atoms with van der Waals surface area (Å²) in [5.41, 5.74) is 5.37. The summed E-state index contributed by atoms with van der Waals surface area (Å²) in [6, 6.07) is 20.4. The van der Waals surface area contributed by atoms with E-state index in [1.807, 2.05) is 30.6 Å². The van der Waals surface area contributed by atoms with Gasteiger partial charge < -0.3 is 30.0 Å².